The van der Waals surface area contributed by atoms with Crippen LogP contribution in [-0.2, 0) is 14.3 Å². The quantitative estimate of drug-likeness (QED) is 0.794. The van der Waals surface area contributed by atoms with Gasteiger partial charge < -0.3 is 15.4 Å². The Kier molecular flexibility index (Phi) is 4.95. The lowest BCUT2D eigenvalue weighted by molar-refractivity contribution is -0.138. The van der Waals surface area contributed by atoms with Crippen LogP contribution in [0.5, 0.6) is 0 Å². The van der Waals surface area contributed by atoms with E-state index in [1.54, 1.807) is 23.1 Å². The maximum atomic E-state index is 13.6. The highest BCUT2D eigenvalue weighted by Crippen LogP contribution is 2.42. The summed E-state index contributed by atoms with van der Waals surface area (Å²) in [5, 5.41) is -0.402. The minimum atomic E-state index is -0.621. The van der Waals surface area contributed by atoms with Gasteiger partial charge in [-0.05, 0) is 30.4 Å². The molecule has 1 aliphatic carbocycles. The summed E-state index contributed by atoms with van der Waals surface area (Å²) in [6, 6.07) is 6.41. The van der Waals surface area contributed by atoms with Gasteiger partial charge in [-0.1, -0.05) is 31.0 Å². The molecule has 2 amide bonds. The highest BCUT2D eigenvalue weighted by Gasteiger charge is 2.53. The summed E-state index contributed by atoms with van der Waals surface area (Å²) in [6.45, 7) is 0.276. The highest BCUT2D eigenvalue weighted by atomic mass is 35.5. The molecule has 7 heteroatoms. The van der Waals surface area contributed by atoms with Crippen molar-refractivity contribution < 1.29 is 19.1 Å². The van der Waals surface area contributed by atoms with Gasteiger partial charge in [0.1, 0.15) is 18.8 Å². The number of primary amides is 1. The van der Waals surface area contributed by atoms with Crippen molar-refractivity contribution in [2.75, 3.05) is 13.2 Å². The molecule has 0 spiro atoms. The lowest BCUT2D eigenvalue weighted by Crippen LogP contribution is -2.45. The van der Waals surface area contributed by atoms with E-state index in [0.29, 0.717) is 11.1 Å². The molecule has 4 rings (SSSR count). The number of carbonyl (C=O) groups is 3. The van der Waals surface area contributed by atoms with E-state index in [1.165, 1.54) is 0 Å². The predicted molar refractivity (Wildman–Crippen MR) is 99.5 cm³/mol. The summed E-state index contributed by atoms with van der Waals surface area (Å²) >= 11 is 6.36. The smallest absolute Gasteiger partial charge is 0.249 e. The first kappa shape index (κ1) is 18.4. The molecule has 4 atom stereocenters. The van der Waals surface area contributed by atoms with Gasteiger partial charge in [0, 0.05) is 12.1 Å². The number of nitrogens with two attached hydrogens (primary N) is 1. The van der Waals surface area contributed by atoms with Gasteiger partial charge in [0.25, 0.3) is 0 Å². The number of ketones is 1. The number of halogens is 1. The van der Waals surface area contributed by atoms with Crippen molar-refractivity contribution in [3.63, 3.8) is 0 Å². The van der Waals surface area contributed by atoms with Crippen LogP contribution in [0.1, 0.15) is 47.5 Å². The third-order valence-corrected chi connectivity index (χ3v) is 6.49. The molecule has 2 heterocycles. The average molecular weight is 391 g/mol. The predicted octanol–water partition coefficient (Wildman–Crippen LogP) is 1.85. The fourth-order valence-electron chi connectivity index (χ4n) is 4.87. The summed E-state index contributed by atoms with van der Waals surface area (Å²) in [5.74, 6) is -1.16. The Morgan fingerprint density at radius 1 is 1.22 bits per heavy atom. The molecule has 0 unspecified atom stereocenters. The largest absolute Gasteiger partial charge is 0.366 e. The number of hydrogen-bond donors (Lipinski definition) is 1. The van der Waals surface area contributed by atoms with Crippen LogP contribution in [0.3, 0.4) is 0 Å². The number of ether oxygens (including phenoxy) is 1. The molecule has 144 valence electrons. The van der Waals surface area contributed by atoms with Crippen LogP contribution in [-0.4, -0.2) is 53.2 Å². The van der Waals surface area contributed by atoms with Crippen LogP contribution in [0.15, 0.2) is 24.3 Å². The van der Waals surface area contributed by atoms with E-state index in [9.17, 15) is 14.4 Å². The summed E-state index contributed by atoms with van der Waals surface area (Å²) in [5.41, 5.74) is 6.60. The lowest BCUT2D eigenvalue weighted by Gasteiger charge is -2.31. The van der Waals surface area contributed by atoms with Gasteiger partial charge in [0.15, 0.2) is 5.78 Å². The maximum absolute atomic E-state index is 13.6. The Hall–Kier alpha value is -1.92. The normalized spacial score (nSPS) is 29.1. The van der Waals surface area contributed by atoms with Crippen LogP contribution < -0.4 is 5.73 Å². The van der Waals surface area contributed by atoms with Gasteiger partial charge >= 0.3 is 0 Å². The van der Waals surface area contributed by atoms with Crippen molar-refractivity contribution in [2.45, 2.75) is 49.1 Å². The number of alkyl halides is 1. The molecule has 2 aliphatic heterocycles. The number of rotatable bonds is 4. The molecule has 0 radical (unpaired) electrons. The summed E-state index contributed by atoms with van der Waals surface area (Å²) in [4.78, 5) is 39.5. The molecule has 1 aromatic rings. The number of Topliss-reactive ketones (excluding diaryl/α,β-unsaturated/α-hetero) is 1. The second kappa shape index (κ2) is 7.24. The van der Waals surface area contributed by atoms with Gasteiger partial charge in [0.05, 0.1) is 11.3 Å². The number of fused-ring (bicyclic) bond motifs is 1. The first-order valence-corrected chi connectivity index (χ1v) is 9.90. The molecule has 0 bridgehead atoms. The van der Waals surface area contributed by atoms with Gasteiger partial charge in [-0.15, -0.1) is 11.6 Å². The van der Waals surface area contributed by atoms with Crippen molar-refractivity contribution in [3.05, 3.63) is 35.4 Å². The molecule has 3 fully saturated rings. The van der Waals surface area contributed by atoms with Crippen LogP contribution in [0.4, 0.5) is 0 Å². The Bertz CT molecular complexity index is 777. The minimum Gasteiger partial charge on any atom is -0.366 e. The van der Waals surface area contributed by atoms with E-state index in [-0.39, 0.29) is 30.8 Å². The third-order valence-electron chi connectivity index (χ3n) is 6.10. The van der Waals surface area contributed by atoms with Crippen molar-refractivity contribution >= 4 is 29.2 Å². The monoisotopic (exact) mass is 390 g/mol. The molecule has 2 saturated heterocycles. The highest BCUT2D eigenvalue weighted by molar-refractivity contribution is 6.22. The Balaban J connectivity index is 1.73. The molecule has 1 aromatic carbocycles. The second-order valence-electron chi connectivity index (χ2n) is 7.67. The SMILES string of the molecule is NC(=O)c1ccccc1[C@@H](C(=O)N1C[C@H](Cl)[C@H]2OCC(=O)[C@H]21)C1CCCC1. The molecule has 3 aliphatic rings. The first-order valence-electron chi connectivity index (χ1n) is 9.46. The van der Waals surface area contributed by atoms with E-state index < -0.39 is 29.3 Å². The topological polar surface area (TPSA) is 89.7 Å². The Labute approximate surface area is 163 Å². The van der Waals surface area contributed by atoms with Crippen LogP contribution in [0.2, 0.25) is 0 Å². The number of nitrogens with zero attached hydrogens (tertiary/aromatic N) is 1. The van der Waals surface area contributed by atoms with Crippen LogP contribution in [0, 0.1) is 5.92 Å². The molecule has 6 nitrogen and oxygen atoms in total. The summed E-state index contributed by atoms with van der Waals surface area (Å²) < 4.78 is 5.51. The van der Waals surface area contributed by atoms with Crippen molar-refractivity contribution in [1.29, 1.82) is 0 Å². The van der Waals surface area contributed by atoms with Gasteiger partial charge in [-0.2, -0.15) is 0 Å². The number of carbonyl (C=O) groups excluding carboxylic acids is 3. The zero-order chi connectivity index (χ0) is 19.1. The van der Waals surface area contributed by atoms with Gasteiger partial charge in [-0.3, -0.25) is 14.4 Å². The fourth-order valence-corrected chi connectivity index (χ4v) is 5.23. The number of likely N-dealkylation sites (tertiary alicyclic amines) is 1. The zero-order valence-corrected chi connectivity index (χ0v) is 15.7. The minimum absolute atomic E-state index is 0.00565. The zero-order valence-electron chi connectivity index (χ0n) is 15.0. The maximum Gasteiger partial charge on any atom is 0.249 e. The summed E-state index contributed by atoms with van der Waals surface area (Å²) in [7, 11) is 0. The van der Waals surface area contributed by atoms with Crippen LogP contribution in [0.25, 0.3) is 0 Å². The molecule has 1 saturated carbocycles. The van der Waals surface area contributed by atoms with Crippen LogP contribution >= 0.6 is 11.6 Å². The van der Waals surface area contributed by atoms with E-state index in [1.807, 2.05) is 6.07 Å². The number of hydrogen-bond acceptors (Lipinski definition) is 4. The van der Waals surface area contributed by atoms with Crippen molar-refractivity contribution in [1.82, 2.24) is 4.90 Å². The molecule has 27 heavy (non-hydrogen) atoms. The standard InChI is InChI=1S/C20H23ClN2O4/c21-14-9-23(17-15(24)10-27-18(14)17)20(26)16(11-5-1-2-6-11)12-7-3-4-8-13(12)19(22)25/h3-4,7-8,11,14,16-18H,1-2,5-6,9-10H2,(H2,22,25)/t14-,16-,17+,18+/m0/s1. The Morgan fingerprint density at radius 2 is 1.93 bits per heavy atom. The van der Waals surface area contributed by atoms with Crippen molar-refractivity contribution in [2.24, 2.45) is 11.7 Å². The van der Waals surface area contributed by atoms with E-state index in [2.05, 4.69) is 0 Å². The molecular formula is C20H23ClN2O4. The van der Waals surface area contributed by atoms with Gasteiger partial charge in [-0.25, -0.2) is 0 Å². The second-order valence-corrected chi connectivity index (χ2v) is 8.23. The van der Waals surface area contributed by atoms with Crippen molar-refractivity contribution in [3.8, 4) is 0 Å². The third kappa shape index (κ3) is 3.15. The molecule has 2 N–H and O–H groups in total. The number of amides is 2. The fraction of sp³-hybridized carbons (Fsp3) is 0.550. The summed E-state index contributed by atoms with van der Waals surface area (Å²) in [6.07, 6.45) is 3.50. The van der Waals surface area contributed by atoms with E-state index >= 15 is 0 Å². The van der Waals surface area contributed by atoms with E-state index in [4.69, 9.17) is 22.1 Å². The molecule has 0 aromatic heterocycles. The molecular weight excluding hydrogens is 368 g/mol. The first-order chi connectivity index (χ1) is 13.0. The van der Waals surface area contributed by atoms with Gasteiger partial charge in [0.2, 0.25) is 11.8 Å². The average Bonchev–Trinajstić information content (AvgIpc) is 3.36. The van der Waals surface area contributed by atoms with E-state index in [0.717, 1.165) is 25.7 Å². The number of benzene rings is 1. The lowest BCUT2D eigenvalue weighted by atomic mass is 9.81. The Morgan fingerprint density at radius 3 is 2.63 bits per heavy atom.